The number of para-hydroxylation sites is 1. The number of rotatable bonds is 11. The molecule has 0 N–H and O–H groups in total. The van der Waals surface area contributed by atoms with Gasteiger partial charge in [0.05, 0.1) is 0 Å². The second-order valence-electron chi connectivity index (χ2n) is 11.1. The second kappa shape index (κ2) is 13.3. The van der Waals surface area contributed by atoms with Crippen LogP contribution >= 0.6 is 21.9 Å². The maximum atomic E-state index is 4.19. The van der Waals surface area contributed by atoms with E-state index in [9.17, 15) is 0 Å². The van der Waals surface area contributed by atoms with Crippen molar-refractivity contribution in [2.24, 2.45) is 0 Å². The summed E-state index contributed by atoms with van der Waals surface area (Å²) < 4.78 is 3.02. The minimum absolute atomic E-state index is 0.463. The molecule has 0 spiro atoms. The third-order valence-electron chi connectivity index (χ3n) is 7.61. The topological polar surface area (TPSA) is 3.24 Å². The Morgan fingerprint density at radius 3 is 1.42 bits per heavy atom. The van der Waals surface area contributed by atoms with Gasteiger partial charge in [0.1, 0.15) is 0 Å². The van der Waals surface area contributed by atoms with Gasteiger partial charge in [0.2, 0.25) is 0 Å². The molecule has 0 bridgehead atoms. The Balaban J connectivity index is 2.30. The van der Waals surface area contributed by atoms with E-state index in [1.54, 1.807) is 5.69 Å². The fourth-order valence-corrected chi connectivity index (χ4v) is 29.4. The SMILES string of the molecule is CC(C)c1cccc(C(C)C)c1[N]([Ge][Br])[Si](CP(c1ccccc1)c1ccccc1)(C(C)C)C(C)C. The first-order valence-electron chi connectivity index (χ1n) is 13.3. The zero-order valence-corrected chi connectivity index (χ0v) is 28.9. The molecule has 2 radical (unpaired) electrons. The van der Waals surface area contributed by atoms with Crippen LogP contribution in [0.4, 0.5) is 5.69 Å². The van der Waals surface area contributed by atoms with Crippen molar-refractivity contribution in [1.82, 2.24) is 0 Å². The van der Waals surface area contributed by atoms with Crippen LogP contribution in [0.15, 0.2) is 78.9 Å². The molecule has 0 aliphatic rings. The van der Waals surface area contributed by atoms with Gasteiger partial charge in [-0.2, -0.15) is 0 Å². The van der Waals surface area contributed by atoms with E-state index in [2.05, 4.69) is 152 Å². The molecule has 3 aromatic rings. The van der Waals surface area contributed by atoms with Crippen LogP contribution in [0, 0.1) is 0 Å². The van der Waals surface area contributed by atoms with Gasteiger partial charge in [-0.1, -0.05) is 0 Å². The summed E-state index contributed by atoms with van der Waals surface area (Å²) in [6, 6.07) is 29.8. The van der Waals surface area contributed by atoms with Crippen molar-refractivity contribution in [2.45, 2.75) is 78.3 Å². The van der Waals surface area contributed by atoms with E-state index in [4.69, 9.17) is 0 Å². The number of nitrogens with zero attached hydrogens (tertiary/aromatic N) is 1. The monoisotopic (exact) mass is 641 g/mol. The van der Waals surface area contributed by atoms with Crippen molar-refractivity contribution >= 4 is 60.3 Å². The van der Waals surface area contributed by atoms with E-state index in [0.29, 0.717) is 22.9 Å². The third kappa shape index (κ3) is 6.22. The van der Waals surface area contributed by atoms with Crippen molar-refractivity contribution in [1.29, 1.82) is 0 Å². The van der Waals surface area contributed by atoms with Gasteiger partial charge in [-0.15, -0.1) is 0 Å². The molecule has 3 rings (SSSR count). The van der Waals surface area contributed by atoms with Crippen molar-refractivity contribution in [3.63, 3.8) is 0 Å². The molecule has 0 fully saturated rings. The van der Waals surface area contributed by atoms with Gasteiger partial charge < -0.3 is 0 Å². The first-order valence-corrected chi connectivity index (χ1v) is 23.0. The van der Waals surface area contributed by atoms with Crippen LogP contribution in [-0.2, 0) is 0 Å². The standard InChI is InChI=1S/C31H43BrGeNPSi/c1-23(2)29-20-15-21-30(24(3)4)31(29)34(33-32)36(25(5)6,26(7)8)22-35(27-16-11-9-12-17-27)28-18-13-10-14-19-28/h9-21,23-26H,22H2,1-8H3. The van der Waals surface area contributed by atoms with Crippen LogP contribution in [0.3, 0.4) is 0 Å². The van der Waals surface area contributed by atoms with E-state index < -0.39 is 30.0 Å². The Morgan fingerprint density at radius 2 is 1.08 bits per heavy atom. The van der Waals surface area contributed by atoms with Crippen LogP contribution in [-0.4, -0.2) is 27.8 Å². The molecule has 0 saturated heterocycles. The molecule has 0 atom stereocenters. The molecule has 0 unspecified atom stereocenters. The molecular formula is C31H43BrGeNPSi. The van der Waals surface area contributed by atoms with Crippen LogP contribution in [0.2, 0.25) is 11.1 Å². The molecule has 3 aromatic carbocycles. The summed E-state index contributed by atoms with van der Waals surface area (Å²) in [7, 11) is -2.50. The molecule has 0 amide bonds. The van der Waals surface area contributed by atoms with Gasteiger partial charge >= 0.3 is 238 Å². The zero-order chi connectivity index (χ0) is 26.5. The van der Waals surface area contributed by atoms with Gasteiger partial charge in [-0.3, -0.25) is 0 Å². The molecule has 36 heavy (non-hydrogen) atoms. The van der Waals surface area contributed by atoms with Crippen LogP contribution in [0.25, 0.3) is 0 Å². The van der Waals surface area contributed by atoms with E-state index in [1.807, 2.05) is 0 Å². The maximum absolute atomic E-state index is 4.19. The van der Waals surface area contributed by atoms with Gasteiger partial charge in [-0.05, 0) is 0 Å². The van der Waals surface area contributed by atoms with E-state index in [-0.39, 0.29) is 0 Å². The molecule has 192 valence electrons. The zero-order valence-electron chi connectivity index (χ0n) is 23.3. The molecule has 5 heteroatoms. The Bertz CT molecular complexity index is 1010. The van der Waals surface area contributed by atoms with Gasteiger partial charge in [0, 0.05) is 0 Å². The third-order valence-corrected chi connectivity index (χ3v) is 25.4. The number of benzene rings is 3. The quantitative estimate of drug-likeness (QED) is 0.149. The average molecular weight is 641 g/mol. The molecule has 0 saturated carbocycles. The summed E-state index contributed by atoms with van der Waals surface area (Å²) >= 11 is 3.69. The summed E-state index contributed by atoms with van der Waals surface area (Å²) in [4.78, 5) is 0. The minimum atomic E-state index is -2.03. The van der Waals surface area contributed by atoms with E-state index >= 15 is 0 Å². The number of halogens is 1. The van der Waals surface area contributed by atoms with Crippen LogP contribution in [0.1, 0.15) is 78.4 Å². The predicted octanol–water partition coefficient (Wildman–Crippen LogP) is 9.11. The molecular weight excluding hydrogens is 598 g/mol. The number of hydrogen-bond acceptors (Lipinski definition) is 1. The van der Waals surface area contributed by atoms with E-state index in [0.717, 1.165) is 0 Å². The van der Waals surface area contributed by atoms with Gasteiger partial charge in [0.25, 0.3) is 0 Å². The predicted molar refractivity (Wildman–Crippen MR) is 172 cm³/mol. The fourth-order valence-electron chi connectivity index (χ4n) is 5.52. The Kier molecular flexibility index (Phi) is 10.9. The Labute approximate surface area is 236 Å². The molecule has 1 nitrogen and oxygen atoms in total. The summed E-state index contributed by atoms with van der Waals surface area (Å²) in [6.45, 7) is 19.5. The first kappa shape index (κ1) is 29.7. The molecule has 0 heterocycles. The summed E-state index contributed by atoms with van der Waals surface area (Å²) in [5.41, 5.74) is 5.87. The van der Waals surface area contributed by atoms with E-state index in [1.165, 1.54) is 27.5 Å². The number of hydrogen-bond donors (Lipinski definition) is 0. The Morgan fingerprint density at radius 1 is 0.667 bits per heavy atom. The van der Waals surface area contributed by atoms with Gasteiger partial charge in [0.15, 0.2) is 0 Å². The van der Waals surface area contributed by atoms with Crippen molar-refractivity contribution in [3.8, 4) is 0 Å². The van der Waals surface area contributed by atoms with Crippen molar-refractivity contribution in [2.75, 3.05) is 9.31 Å². The van der Waals surface area contributed by atoms with Crippen LogP contribution in [0.5, 0.6) is 0 Å². The number of anilines is 1. The fraction of sp³-hybridized carbons (Fsp3) is 0.419. The van der Waals surface area contributed by atoms with Crippen molar-refractivity contribution < 1.29 is 0 Å². The Hall–Kier alpha value is -0.870. The summed E-state index contributed by atoms with van der Waals surface area (Å²) in [5, 5.41) is 3.01. The normalized spacial score (nSPS) is 12.4. The molecule has 0 aliphatic heterocycles. The van der Waals surface area contributed by atoms with Crippen molar-refractivity contribution in [3.05, 3.63) is 90.0 Å². The summed E-state index contributed by atoms with van der Waals surface area (Å²) in [6.07, 6.45) is 0. The molecule has 0 aliphatic carbocycles. The van der Waals surface area contributed by atoms with Gasteiger partial charge in [-0.25, -0.2) is 0 Å². The van der Waals surface area contributed by atoms with Crippen LogP contribution < -0.4 is 14.1 Å². The first-order chi connectivity index (χ1) is 17.1. The molecule has 0 aromatic heterocycles. The average Bonchev–Trinajstić information content (AvgIpc) is 2.86. The summed E-state index contributed by atoms with van der Waals surface area (Å²) in [5.74, 6) is 2.29. The second-order valence-corrected chi connectivity index (χ2v) is 23.0.